The average molecular weight is 155 g/mol. The second-order valence-corrected chi connectivity index (χ2v) is 2.37. The van der Waals surface area contributed by atoms with Crippen molar-refractivity contribution in [2.45, 2.75) is 6.42 Å². The third kappa shape index (κ3) is 3.30. The molecule has 1 aliphatic rings. The van der Waals surface area contributed by atoms with Gasteiger partial charge in [0.05, 0.1) is 19.8 Å². The SMILES string of the molecule is COCCOCC1=CN=CC1. The lowest BCUT2D eigenvalue weighted by Crippen LogP contribution is -2.04. The maximum absolute atomic E-state index is 5.28. The number of ether oxygens (including phenoxy) is 2. The van der Waals surface area contributed by atoms with Gasteiger partial charge >= 0.3 is 0 Å². The molecule has 0 spiro atoms. The highest BCUT2D eigenvalue weighted by Gasteiger charge is 1.99. The van der Waals surface area contributed by atoms with E-state index in [1.165, 1.54) is 5.57 Å². The summed E-state index contributed by atoms with van der Waals surface area (Å²) in [5.74, 6) is 0. The minimum atomic E-state index is 0.661. The number of hydrogen-bond acceptors (Lipinski definition) is 3. The van der Waals surface area contributed by atoms with E-state index < -0.39 is 0 Å². The molecule has 0 saturated carbocycles. The Hall–Kier alpha value is -0.670. The summed E-state index contributed by atoms with van der Waals surface area (Å²) < 4.78 is 10.1. The van der Waals surface area contributed by atoms with Crippen molar-refractivity contribution in [2.75, 3.05) is 26.9 Å². The van der Waals surface area contributed by atoms with Gasteiger partial charge in [0.15, 0.2) is 0 Å². The zero-order chi connectivity index (χ0) is 7.94. The van der Waals surface area contributed by atoms with Crippen LogP contribution in [0.4, 0.5) is 0 Å². The standard InChI is InChI=1S/C8H13NO2/c1-10-4-5-11-7-8-2-3-9-6-8/h3,6H,2,4-5,7H2,1H3. The van der Waals surface area contributed by atoms with E-state index in [1.54, 1.807) is 7.11 Å². The fourth-order valence-electron chi connectivity index (χ4n) is 0.822. The Kier molecular flexibility index (Phi) is 3.86. The Labute approximate surface area is 66.7 Å². The first-order chi connectivity index (χ1) is 5.43. The van der Waals surface area contributed by atoms with Gasteiger partial charge in [0.25, 0.3) is 0 Å². The molecule has 0 saturated heterocycles. The topological polar surface area (TPSA) is 30.8 Å². The summed E-state index contributed by atoms with van der Waals surface area (Å²) in [6, 6.07) is 0. The van der Waals surface area contributed by atoms with Crippen molar-refractivity contribution < 1.29 is 9.47 Å². The van der Waals surface area contributed by atoms with Gasteiger partial charge in [-0.3, -0.25) is 4.99 Å². The maximum Gasteiger partial charge on any atom is 0.0704 e. The van der Waals surface area contributed by atoms with Crippen LogP contribution in [0.25, 0.3) is 0 Å². The summed E-state index contributed by atoms with van der Waals surface area (Å²) in [5.41, 5.74) is 1.24. The Balaban J connectivity index is 1.95. The van der Waals surface area contributed by atoms with E-state index in [1.807, 2.05) is 12.4 Å². The average Bonchev–Trinajstić information content (AvgIpc) is 2.50. The molecule has 11 heavy (non-hydrogen) atoms. The number of hydrogen-bond donors (Lipinski definition) is 0. The van der Waals surface area contributed by atoms with E-state index >= 15 is 0 Å². The Bertz CT molecular complexity index is 163. The molecule has 0 N–H and O–H groups in total. The van der Waals surface area contributed by atoms with Gasteiger partial charge in [-0.2, -0.15) is 0 Å². The van der Waals surface area contributed by atoms with Crippen molar-refractivity contribution in [2.24, 2.45) is 4.99 Å². The minimum Gasteiger partial charge on any atom is -0.382 e. The van der Waals surface area contributed by atoms with Crippen LogP contribution in [-0.4, -0.2) is 33.1 Å². The van der Waals surface area contributed by atoms with Crippen molar-refractivity contribution in [3.8, 4) is 0 Å². The normalized spacial score (nSPS) is 15.5. The summed E-state index contributed by atoms with van der Waals surface area (Å²) in [5, 5.41) is 0. The molecule has 3 nitrogen and oxygen atoms in total. The first-order valence-corrected chi connectivity index (χ1v) is 3.69. The van der Waals surface area contributed by atoms with E-state index in [2.05, 4.69) is 4.99 Å². The molecule has 0 bridgehead atoms. The summed E-state index contributed by atoms with van der Waals surface area (Å²) in [6.45, 7) is 2.01. The van der Waals surface area contributed by atoms with Crippen LogP contribution in [-0.2, 0) is 9.47 Å². The van der Waals surface area contributed by atoms with Gasteiger partial charge < -0.3 is 9.47 Å². The molecule has 0 aromatic rings. The molecule has 0 radical (unpaired) electrons. The zero-order valence-electron chi connectivity index (χ0n) is 6.75. The second-order valence-electron chi connectivity index (χ2n) is 2.37. The molecule has 1 rings (SSSR count). The number of aliphatic imine (C=N–C) groups is 1. The largest absolute Gasteiger partial charge is 0.382 e. The van der Waals surface area contributed by atoms with Crippen LogP contribution in [0.2, 0.25) is 0 Å². The first-order valence-electron chi connectivity index (χ1n) is 3.69. The van der Waals surface area contributed by atoms with Gasteiger partial charge in [-0.1, -0.05) is 0 Å². The van der Waals surface area contributed by atoms with Crippen molar-refractivity contribution >= 4 is 6.21 Å². The molecule has 3 heteroatoms. The minimum absolute atomic E-state index is 0.661. The van der Waals surface area contributed by atoms with E-state index in [0.29, 0.717) is 19.8 Å². The lowest BCUT2D eigenvalue weighted by Gasteiger charge is -2.02. The lowest BCUT2D eigenvalue weighted by atomic mass is 10.2. The third-order valence-electron chi connectivity index (χ3n) is 1.44. The predicted molar refractivity (Wildman–Crippen MR) is 43.9 cm³/mol. The highest BCUT2D eigenvalue weighted by Crippen LogP contribution is 2.05. The highest BCUT2D eigenvalue weighted by atomic mass is 16.5. The van der Waals surface area contributed by atoms with Crippen LogP contribution < -0.4 is 0 Å². The monoisotopic (exact) mass is 155 g/mol. The van der Waals surface area contributed by atoms with Crippen LogP contribution in [0.15, 0.2) is 16.8 Å². The fraction of sp³-hybridized carbons (Fsp3) is 0.625. The number of methoxy groups -OCH3 is 1. The molecule has 0 unspecified atom stereocenters. The van der Waals surface area contributed by atoms with Crippen molar-refractivity contribution in [1.29, 1.82) is 0 Å². The Morgan fingerprint density at radius 3 is 3.09 bits per heavy atom. The van der Waals surface area contributed by atoms with Crippen LogP contribution in [0.5, 0.6) is 0 Å². The predicted octanol–water partition coefficient (Wildman–Crippen LogP) is 1.01. The summed E-state index contributed by atoms with van der Waals surface area (Å²) >= 11 is 0. The number of nitrogens with zero attached hydrogens (tertiary/aromatic N) is 1. The van der Waals surface area contributed by atoms with Gasteiger partial charge in [-0.15, -0.1) is 0 Å². The quantitative estimate of drug-likeness (QED) is 0.555. The smallest absolute Gasteiger partial charge is 0.0704 e. The molecule has 0 amide bonds. The van der Waals surface area contributed by atoms with Crippen LogP contribution in [0, 0.1) is 0 Å². The number of rotatable bonds is 5. The van der Waals surface area contributed by atoms with Gasteiger partial charge in [0, 0.05) is 25.9 Å². The van der Waals surface area contributed by atoms with E-state index in [4.69, 9.17) is 9.47 Å². The van der Waals surface area contributed by atoms with Crippen LogP contribution in [0.3, 0.4) is 0 Å². The molecule has 1 heterocycles. The van der Waals surface area contributed by atoms with Crippen molar-refractivity contribution in [3.63, 3.8) is 0 Å². The molecular formula is C8H13NO2. The molecule has 0 atom stereocenters. The zero-order valence-corrected chi connectivity index (χ0v) is 6.75. The maximum atomic E-state index is 5.28. The van der Waals surface area contributed by atoms with Gasteiger partial charge in [0.2, 0.25) is 0 Å². The van der Waals surface area contributed by atoms with Crippen LogP contribution in [0.1, 0.15) is 6.42 Å². The second kappa shape index (κ2) is 5.04. The molecule has 0 fully saturated rings. The molecule has 0 aliphatic carbocycles. The molecule has 0 aromatic carbocycles. The summed E-state index contributed by atoms with van der Waals surface area (Å²) in [7, 11) is 1.67. The molecule has 1 aliphatic heterocycles. The van der Waals surface area contributed by atoms with Crippen molar-refractivity contribution in [3.05, 3.63) is 11.8 Å². The third-order valence-corrected chi connectivity index (χ3v) is 1.44. The highest BCUT2D eigenvalue weighted by molar-refractivity contribution is 5.65. The van der Waals surface area contributed by atoms with E-state index in [0.717, 1.165) is 6.42 Å². The molecule has 62 valence electrons. The van der Waals surface area contributed by atoms with Crippen molar-refractivity contribution in [1.82, 2.24) is 0 Å². The first kappa shape index (κ1) is 8.43. The van der Waals surface area contributed by atoms with Gasteiger partial charge in [-0.25, -0.2) is 0 Å². The summed E-state index contributed by atoms with van der Waals surface area (Å²) in [6.07, 6.45) is 4.68. The molecule has 0 aromatic heterocycles. The summed E-state index contributed by atoms with van der Waals surface area (Å²) in [4.78, 5) is 3.97. The Morgan fingerprint density at radius 1 is 1.55 bits per heavy atom. The van der Waals surface area contributed by atoms with E-state index in [-0.39, 0.29) is 0 Å². The van der Waals surface area contributed by atoms with Gasteiger partial charge in [0.1, 0.15) is 0 Å². The van der Waals surface area contributed by atoms with Gasteiger partial charge in [-0.05, 0) is 5.57 Å². The molecular weight excluding hydrogens is 142 g/mol. The van der Waals surface area contributed by atoms with Crippen LogP contribution >= 0.6 is 0 Å². The Morgan fingerprint density at radius 2 is 2.45 bits per heavy atom. The lowest BCUT2D eigenvalue weighted by molar-refractivity contribution is 0.0820. The fourth-order valence-corrected chi connectivity index (χ4v) is 0.822. The van der Waals surface area contributed by atoms with E-state index in [9.17, 15) is 0 Å².